The van der Waals surface area contributed by atoms with E-state index >= 15 is 0 Å². The highest BCUT2D eigenvalue weighted by atomic mass is 16.5. The topological polar surface area (TPSA) is 29.5 Å². The number of Topliss-reactive ketones (excluding diaryl/α,β-unsaturated/α-hetero) is 1. The molecule has 0 unspecified atom stereocenters. The highest BCUT2D eigenvalue weighted by molar-refractivity contribution is 5.96. The zero-order valence-electron chi connectivity index (χ0n) is 14.3. The normalized spacial score (nSPS) is 10.4. The van der Waals surface area contributed by atoms with Crippen LogP contribution in [0.4, 0.5) is 0 Å². The maximum absolute atomic E-state index is 12.2. The first-order valence-corrected chi connectivity index (χ1v) is 8.05. The fourth-order valence-corrected chi connectivity index (χ4v) is 2.25. The molecule has 0 bridgehead atoms. The first kappa shape index (κ1) is 17.8. The van der Waals surface area contributed by atoms with E-state index in [1.807, 2.05) is 38.4 Å². The molecule has 0 spiro atoms. The molecule has 124 valence electrons. The van der Waals surface area contributed by atoms with E-state index in [4.69, 9.17) is 11.2 Å². The number of hydrogen-bond donors (Lipinski definition) is 0. The van der Waals surface area contributed by atoms with Crippen LogP contribution in [-0.4, -0.2) is 37.9 Å². The first-order chi connectivity index (χ1) is 11.6. The lowest BCUT2D eigenvalue weighted by molar-refractivity contribution is 0.0983. The van der Waals surface area contributed by atoms with E-state index < -0.39 is 0 Å². The quantitative estimate of drug-likeness (QED) is 0.551. The average molecular weight is 321 g/mol. The summed E-state index contributed by atoms with van der Waals surface area (Å²) in [7, 11) is 4.03. The maximum atomic E-state index is 12.2. The van der Waals surface area contributed by atoms with Crippen LogP contribution < -0.4 is 4.74 Å². The van der Waals surface area contributed by atoms with Gasteiger partial charge in [0.25, 0.3) is 0 Å². The summed E-state index contributed by atoms with van der Waals surface area (Å²) in [6, 6.07) is 15.1. The fraction of sp³-hybridized carbons (Fsp3) is 0.286. The van der Waals surface area contributed by atoms with Gasteiger partial charge >= 0.3 is 0 Å². The van der Waals surface area contributed by atoms with E-state index in [0.717, 1.165) is 23.4 Å². The average Bonchev–Trinajstić information content (AvgIpc) is 2.60. The largest absolute Gasteiger partial charge is 0.492 e. The van der Waals surface area contributed by atoms with Crippen LogP contribution in [0.25, 0.3) is 0 Å². The summed E-state index contributed by atoms with van der Waals surface area (Å²) in [5.41, 5.74) is 2.62. The van der Waals surface area contributed by atoms with E-state index in [2.05, 4.69) is 10.8 Å². The third-order valence-electron chi connectivity index (χ3n) is 3.74. The number of ether oxygens (including phenoxy) is 1. The smallest absolute Gasteiger partial charge is 0.163 e. The number of nitrogens with zero attached hydrogens (tertiary/aromatic N) is 1. The second-order valence-corrected chi connectivity index (χ2v) is 5.94. The minimum atomic E-state index is 0.130. The van der Waals surface area contributed by atoms with Gasteiger partial charge < -0.3 is 9.64 Å². The molecule has 24 heavy (non-hydrogen) atoms. The van der Waals surface area contributed by atoms with Gasteiger partial charge in [-0.2, -0.15) is 0 Å². The Morgan fingerprint density at radius 3 is 2.33 bits per heavy atom. The Balaban J connectivity index is 1.83. The highest BCUT2D eigenvalue weighted by Crippen LogP contribution is 2.15. The summed E-state index contributed by atoms with van der Waals surface area (Å²) in [4.78, 5) is 14.3. The summed E-state index contributed by atoms with van der Waals surface area (Å²) < 4.78 is 5.66. The van der Waals surface area contributed by atoms with Crippen molar-refractivity contribution in [2.75, 3.05) is 27.2 Å². The number of likely N-dealkylation sites (N-methyl/N-ethyl adjacent to an activating group) is 1. The molecule has 3 heteroatoms. The molecule has 3 nitrogen and oxygen atoms in total. The molecule has 0 N–H and O–H groups in total. The lowest BCUT2D eigenvalue weighted by Gasteiger charge is -2.11. The minimum Gasteiger partial charge on any atom is -0.492 e. The summed E-state index contributed by atoms with van der Waals surface area (Å²) >= 11 is 0. The molecule has 0 aliphatic heterocycles. The van der Waals surface area contributed by atoms with E-state index in [1.54, 1.807) is 24.3 Å². The molecule has 0 heterocycles. The number of hydrogen-bond acceptors (Lipinski definition) is 3. The Morgan fingerprint density at radius 1 is 1.08 bits per heavy atom. The van der Waals surface area contributed by atoms with Crippen molar-refractivity contribution in [2.45, 2.75) is 12.8 Å². The number of terminal acetylenes is 1. The highest BCUT2D eigenvalue weighted by Gasteiger charge is 2.06. The van der Waals surface area contributed by atoms with Gasteiger partial charge in [-0.1, -0.05) is 30.2 Å². The van der Waals surface area contributed by atoms with Gasteiger partial charge in [0.1, 0.15) is 12.4 Å². The number of rotatable bonds is 8. The van der Waals surface area contributed by atoms with Crippen LogP contribution in [0, 0.1) is 12.3 Å². The molecule has 0 saturated carbocycles. The van der Waals surface area contributed by atoms with Gasteiger partial charge in [0, 0.05) is 24.1 Å². The van der Waals surface area contributed by atoms with E-state index in [0.29, 0.717) is 25.0 Å². The Morgan fingerprint density at radius 2 is 1.75 bits per heavy atom. The first-order valence-electron chi connectivity index (χ1n) is 8.05. The molecule has 0 fully saturated rings. The SMILES string of the molecule is C#Cc1ccc(C(=O)CCc2ccc(OCCN(C)C)cc2)cc1. The number of ketones is 1. The van der Waals surface area contributed by atoms with Gasteiger partial charge in [0.2, 0.25) is 0 Å². The lowest BCUT2D eigenvalue weighted by Crippen LogP contribution is -2.19. The van der Waals surface area contributed by atoms with Gasteiger partial charge in [-0.05, 0) is 50.3 Å². The Hall–Kier alpha value is -2.57. The van der Waals surface area contributed by atoms with Crippen LogP contribution in [0.3, 0.4) is 0 Å². The summed E-state index contributed by atoms with van der Waals surface area (Å²) in [6.07, 6.45) is 6.52. The zero-order chi connectivity index (χ0) is 17.4. The maximum Gasteiger partial charge on any atom is 0.163 e. The third-order valence-corrected chi connectivity index (χ3v) is 3.74. The van der Waals surface area contributed by atoms with Gasteiger partial charge in [-0.25, -0.2) is 0 Å². The van der Waals surface area contributed by atoms with Gasteiger partial charge in [0.15, 0.2) is 5.78 Å². The van der Waals surface area contributed by atoms with E-state index in [9.17, 15) is 4.79 Å². The molecular weight excluding hydrogens is 298 g/mol. The van der Waals surface area contributed by atoms with E-state index in [1.165, 1.54) is 0 Å². The van der Waals surface area contributed by atoms with Crippen molar-refractivity contribution in [3.8, 4) is 18.1 Å². The van der Waals surface area contributed by atoms with Crippen molar-refractivity contribution >= 4 is 5.78 Å². The molecule has 0 saturated heterocycles. The predicted octanol–water partition coefficient (Wildman–Crippen LogP) is 3.42. The molecule has 0 amide bonds. The number of carbonyl (C=O) groups excluding carboxylic acids is 1. The van der Waals surface area contributed by atoms with Crippen molar-refractivity contribution in [3.63, 3.8) is 0 Å². The van der Waals surface area contributed by atoms with Crippen molar-refractivity contribution in [1.82, 2.24) is 4.90 Å². The van der Waals surface area contributed by atoms with Crippen molar-refractivity contribution < 1.29 is 9.53 Å². The van der Waals surface area contributed by atoms with Crippen molar-refractivity contribution in [2.24, 2.45) is 0 Å². The third kappa shape index (κ3) is 5.57. The molecule has 0 aromatic heterocycles. The summed E-state index contributed by atoms with van der Waals surface area (Å²) in [6.45, 7) is 1.55. The Kier molecular flexibility index (Phi) is 6.60. The standard InChI is InChI=1S/C21H23NO2/c1-4-17-5-10-19(11-6-17)21(23)14-9-18-7-12-20(13-8-18)24-16-15-22(2)3/h1,5-8,10-13H,9,14-16H2,2-3H3. The number of benzene rings is 2. The van der Waals surface area contributed by atoms with Gasteiger partial charge in [-0.15, -0.1) is 6.42 Å². The predicted molar refractivity (Wildman–Crippen MR) is 97.5 cm³/mol. The molecule has 2 aromatic carbocycles. The van der Waals surface area contributed by atoms with Crippen LogP contribution in [-0.2, 0) is 6.42 Å². The molecule has 2 rings (SSSR count). The van der Waals surface area contributed by atoms with E-state index in [-0.39, 0.29) is 5.78 Å². The van der Waals surface area contributed by atoms with Gasteiger partial charge in [-0.3, -0.25) is 4.79 Å². The fourth-order valence-electron chi connectivity index (χ4n) is 2.25. The molecule has 0 aliphatic carbocycles. The number of aryl methyl sites for hydroxylation is 1. The Labute approximate surface area is 144 Å². The van der Waals surface area contributed by atoms with Crippen LogP contribution >= 0.6 is 0 Å². The van der Waals surface area contributed by atoms with Crippen LogP contribution in [0.1, 0.15) is 27.9 Å². The molecule has 0 aliphatic rings. The van der Waals surface area contributed by atoms with Crippen molar-refractivity contribution in [1.29, 1.82) is 0 Å². The number of carbonyl (C=O) groups is 1. The second kappa shape index (κ2) is 8.90. The minimum absolute atomic E-state index is 0.130. The monoisotopic (exact) mass is 321 g/mol. The van der Waals surface area contributed by atoms with Crippen LogP contribution in [0.5, 0.6) is 5.75 Å². The van der Waals surface area contributed by atoms with Gasteiger partial charge in [0.05, 0.1) is 0 Å². The summed E-state index contributed by atoms with van der Waals surface area (Å²) in [5, 5.41) is 0. The zero-order valence-corrected chi connectivity index (χ0v) is 14.3. The molecular formula is C21H23NO2. The molecule has 0 radical (unpaired) electrons. The van der Waals surface area contributed by atoms with Crippen molar-refractivity contribution in [3.05, 3.63) is 65.2 Å². The summed E-state index contributed by atoms with van der Waals surface area (Å²) in [5.74, 6) is 3.54. The van der Waals surface area contributed by atoms with Crippen LogP contribution in [0.15, 0.2) is 48.5 Å². The molecule has 2 aromatic rings. The Bertz CT molecular complexity index is 694. The van der Waals surface area contributed by atoms with Crippen LogP contribution in [0.2, 0.25) is 0 Å². The lowest BCUT2D eigenvalue weighted by atomic mass is 10.0. The molecule has 0 atom stereocenters. The second-order valence-electron chi connectivity index (χ2n) is 5.94.